The Bertz CT molecular complexity index is 347. The van der Waals surface area contributed by atoms with E-state index >= 15 is 0 Å². The van der Waals surface area contributed by atoms with Gasteiger partial charge in [0.1, 0.15) is 0 Å². The Labute approximate surface area is 101 Å². The summed E-state index contributed by atoms with van der Waals surface area (Å²) in [6.45, 7) is 0.551. The van der Waals surface area contributed by atoms with Crippen LogP contribution in [0.5, 0.6) is 0 Å². The molecular weight excluding hydrogens is 278 g/mol. The molecule has 0 aromatic carbocycles. The van der Waals surface area contributed by atoms with E-state index in [1.165, 1.54) is 0 Å². The van der Waals surface area contributed by atoms with Crippen LogP contribution >= 0.6 is 27.7 Å². The highest BCUT2D eigenvalue weighted by molar-refractivity contribution is 9.10. The van der Waals surface area contributed by atoms with Crippen LogP contribution < -0.4 is 5.32 Å². The molecule has 1 aromatic rings. The normalized spacial score (nSPS) is 20.5. The first-order valence-corrected chi connectivity index (χ1v) is 6.79. The van der Waals surface area contributed by atoms with Gasteiger partial charge >= 0.3 is 0 Å². The minimum atomic E-state index is 0.164. The number of thioether (sulfide) groups is 1. The Morgan fingerprint density at radius 1 is 1.73 bits per heavy atom. The molecule has 1 atom stereocenters. The first-order valence-electron chi connectivity index (χ1n) is 4.84. The van der Waals surface area contributed by atoms with Crippen LogP contribution in [0.4, 0.5) is 0 Å². The van der Waals surface area contributed by atoms with Gasteiger partial charge in [-0.25, -0.2) is 0 Å². The summed E-state index contributed by atoms with van der Waals surface area (Å²) in [5.74, 6) is 2.43. The van der Waals surface area contributed by atoms with Crippen LogP contribution in [0.1, 0.15) is 12.0 Å². The van der Waals surface area contributed by atoms with Gasteiger partial charge in [0.2, 0.25) is 5.91 Å². The Morgan fingerprint density at radius 3 is 3.20 bits per heavy atom. The Morgan fingerprint density at radius 2 is 2.60 bits per heavy atom. The molecule has 1 fully saturated rings. The predicted octanol–water partition coefficient (Wildman–Crippen LogP) is 2.41. The Hall–Kier alpha value is -0.420. The van der Waals surface area contributed by atoms with Crippen LogP contribution in [0.15, 0.2) is 21.4 Å². The van der Waals surface area contributed by atoms with Crippen molar-refractivity contribution in [2.24, 2.45) is 5.92 Å². The molecule has 1 aromatic heterocycles. The fourth-order valence-corrected chi connectivity index (χ4v) is 3.12. The molecule has 1 unspecified atom stereocenters. The van der Waals surface area contributed by atoms with Crippen molar-refractivity contribution < 1.29 is 9.21 Å². The van der Waals surface area contributed by atoms with Crippen LogP contribution in [-0.2, 0) is 11.3 Å². The Balaban J connectivity index is 1.80. The van der Waals surface area contributed by atoms with E-state index in [1.807, 2.05) is 17.8 Å². The van der Waals surface area contributed by atoms with E-state index in [1.54, 1.807) is 6.26 Å². The highest BCUT2D eigenvalue weighted by Crippen LogP contribution is 2.23. The van der Waals surface area contributed by atoms with E-state index in [9.17, 15) is 4.79 Å². The zero-order valence-corrected chi connectivity index (χ0v) is 10.6. The van der Waals surface area contributed by atoms with Crippen molar-refractivity contribution >= 4 is 33.6 Å². The van der Waals surface area contributed by atoms with Crippen LogP contribution in [0, 0.1) is 5.92 Å². The van der Waals surface area contributed by atoms with Gasteiger partial charge < -0.3 is 9.73 Å². The van der Waals surface area contributed by atoms with Gasteiger partial charge in [-0.3, -0.25) is 4.79 Å². The maximum absolute atomic E-state index is 11.7. The van der Waals surface area contributed by atoms with Crippen molar-refractivity contribution in [3.8, 4) is 0 Å². The molecule has 0 spiro atoms. The minimum absolute atomic E-state index is 0.164. The van der Waals surface area contributed by atoms with E-state index < -0.39 is 0 Å². The lowest BCUT2D eigenvalue weighted by molar-refractivity contribution is -0.124. The zero-order chi connectivity index (χ0) is 10.7. The molecule has 0 radical (unpaired) electrons. The molecule has 5 heteroatoms. The molecule has 15 heavy (non-hydrogen) atoms. The average Bonchev–Trinajstić information content (AvgIpc) is 2.84. The minimum Gasteiger partial charge on any atom is -0.457 e. The summed E-state index contributed by atoms with van der Waals surface area (Å²) in [6.07, 6.45) is 2.65. The third-order valence-electron chi connectivity index (χ3n) is 2.39. The fourth-order valence-electron chi connectivity index (χ4n) is 1.51. The van der Waals surface area contributed by atoms with Crippen LogP contribution in [0.2, 0.25) is 0 Å². The standard InChI is InChI=1S/C10H12BrNO2S/c11-9-3-7(5-14-9)4-12-10(13)8-1-2-15-6-8/h3,5,8H,1-2,4,6H2,(H,12,13). The molecule has 3 nitrogen and oxygen atoms in total. The van der Waals surface area contributed by atoms with Crippen molar-refractivity contribution in [3.05, 3.63) is 22.6 Å². The smallest absolute Gasteiger partial charge is 0.224 e. The summed E-state index contributed by atoms with van der Waals surface area (Å²) in [5.41, 5.74) is 0.987. The van der Waals surface area contributed by atoms with Gasteiger partial charge in [-0.2, -0.15) is 11.8 Å². The van der Waals surface area contributed by atoms with Crippen molar-refractivity contribution in [1.82, 2.24) is 5.32 Å². The van der Waals surface area contributed by atoms with Crippen LogP contribution in [0.3, 0.4) is 0 Å². The molecule has 1 amide bonds. The molecule has 82 valence electrons. The first kappa shape index (κ1) is 11.1. The second-order valence-electron chi connectivity index (χ2n) is 3.54. The molecule has 1 aliphatic rings. The summed E-state index contributed by atoms with van der Waals surface area (Å²) >= 11 is 5.07. The maximum atomic E-state index is 11.7. The van der Waals surface area contributed by atoms with Gasteiger partial charge in [-0.1, -0.05) is 0 Å². The second kappa shape index (κ2) is 5.07. The average molecular weight is 290 g/mol. The molecule has 1 N–H and O–H groups in total. The second-order valence-corrected chi connectivity index (χ2v) is 5.47. The number of hydrogen-bond acceptors (Lipinski definition) is 3. The highest BCUT2D eigenvalue weighted by atomic mass is 79.9. The third-order valence-corrected chi connectivity index (χ3v) is 3.97. The molecule has 2 rings (SSSR count). The number of halogens is 1. The molecule has 1 saturated heterocycles. The molecule has 2 heterocycles. The van der Waals surface area contributed by atoms with E-state index in [-0.39, 0.29) is 11.8 Å². The SMILES string of the molecule is O=C(NCc1coc(Br)c1)C1CCSC1. The van der Waals surface area contributed by atoms with Gasteiger partial charge in [-0.05, 0) is 34.2 Å². The summed E-state index contributed by atoms with van der Waals surface area (Å²) < 4.78 is 5.78. The zero-order valence-electron chi connectivity index (χ0n) is 8.16. The maximum Gasteiger partial charge on any atom is 0.224 e. The monoisotopic (exact) mass is 289 g/mol. The van der Waals surface area contributed by atoms with Gasteiger partial charge in [0.05, 0.1) is 6.26 Å². The summed E-state index contributed by atoms with van der Waals surface area (Å²) in [5, 5.41) is 2.92. The largest absolute Gasteiger partial charge is 0.457 e. The number of rotatable bonds is 3. The topological polar surface area (TPSA) is 42.2 Å². The van der Waals surface area contributed by atoms with Gasteiger partial charge in [0.25, 0.3) is 0 Å². The molecule has 0 bridgehead atoms. The summed E-state index contributed by atoms with van der Waals surface area (Å²) in [6, 6.07) is 1.86. The van der Waals surface area contributed by atoms with E-state index in [0.29, 0.717) is 11.2 Å². The Kier molecular flexibility index (Phi) is 3.75. The van der Waals surface area contributed by atoms with E-state index in [0.717, 1.165) is 23.5 Å². The number of carbonyl (C=O) groups excluding carboxylic acids is 1. The van der Waals surface area contributed by atoms with Gasteiger partial charge in [0, 0.05) is 23.8 Å². The first-order chi connectivity index (χ1) is 7.25. The van der Waals surface area contributed by atoms with Gasteiger partial charge in [-0.15, -0.1) is 0 Å². The number of furan rings is 1. The van der Waals surface area contributed by atoms with Crippen molar-refractivity contribution in [2.75, 3.05) is 11.5 Å². The number of carbonyl (C=O) groups is 1. The molecular formula is C10H12BrNO2S. The lowest BCUT2D eigenvalue weighted by atomic mass is 10.1. The summed E-state index contributed by atoms with van der Waals surface area (Å²) in [7, 11) is 0. The molecule has 1 aliphatic heterocycles. The van der Waals surface area contributed by atoms with Crippen LogP contribution in [0.25, 0.3) is 0 Å². The van der Waals surface area contributed by atoms with Crippen molar-refractivity contribution in [2.45, 2.75) is 13.0 Å². The molecule has 0 saturated carbocycles. The lowest BCUT2D eigenvalue weighted by Crippen LogP contribution is -2.29. The molecule has 0 aliphatic carbocycles. The number of hydrogen-bond donors (Lipinski definition) is 1. The van der Waals surface area contributed by atoms with Crippen molar-refractivity contribution in [1.29, 1.82) is 0 Å². The predicted molar refractivity (Wildman–Crippen MR) is 63.7 cm³/mol. The van der Waals surface area contributed by atoms with Crippen molar-refractivity contribution in [3.63, 3.8) is 0 Å². The van der Waals surface area contributed by atoms with E-state index in [4.69, 9.17) is 4.42 Å². The third kappa shape index (κ3) is 3.01. The summed E-state index contributed by atoms with van der Waals surface area (Å²) in [4.78, 5) is 11.7. The van der Waals surface area contributed by atoms with E-state index in [2.05, 4.69) is 21.2 Å². The quantitative estimate of drug-likeness (QED) is 0.929. The van der Waals surface area contributed by atoms with Crippen LogP contribution in [-0.4, -0.2) is 17.4 Å². The number of amides is 1. The lowest BCUT2D eigenvalue weighted by Gasteiger charge is -2.08. The number of nitrogens with one attached hydrogen (secondary N) is 1. The fraction of sp³-hybridized carbons (Fsp3) is 0.500. The van der Waals surface area contributed by atoms with Gasteiger partial charge in [0.15, 0.2) is 4.67 Å². The highest BCUT2D eigenvalue weighted by Gasteiger charge is 2.22.